The molecule has 1 aromatic rings. The molecule has 2 N–H and O–H groups in total. The number of hydrogen-bond acceptors (Lipinski definition) is 3. The van der Waals surface area contributed by atoms with Gasteiger partial charge in [0.25, 0.3) is 0 Å². The van der Waals surface area contributed by atoms with Gasteiger partial charge in [0, 0.05) is 30.6 Å². The van der Waals surface area contributed by atoms with Crippen LogP contribution in [0.25, 0.3) is 0 Å². The van der Waals surface area contributed by atoms with Crippen molar-refractivity contribution in [2.24, 2.45) is 5.73 Å². The molecule has 0 aromatic heterocycles. The number of anilines is 1. The third kappa shape index (κ3) is 4.02. The number of benzene rings is 1. The molecule has 0 spiro atoms. The highest BCUT2D eigenvalue weighted by Crippen LogP contribution is 2.14. The van der Waals surface area contributed by atoms with Gasteiger partial charge in [0.1, 0.15) is 4.99 Å². The molecule has 0 unspecified atom stereocenters. The Bertz CT molecular complexity index is 335. The van der Waals surface area contributed by atoms with Crippen LogP contribution in [0.15, 0.2) is 24.3 Å². The highest BCUT2D eigenvalue weighted by molar-refractivity contribution is 7.99. The first-order valence-corrected chi connectivity index (χ1v) is 6.90. The largest absolute Gasteiger partial charge is 0.389 e. The summed E-state index contributed by atoms with van der Waals surface area (Å²) in [6, 6.07) is 8.07. The van der Waals surface area contributed by atoms with E-state index in [1.54, 1.807) is 0 Å². The van der Waals surface area contributed by atoms with Gasteiger partial charge in [0.15, 0.2) is 0 Å². The molecule has 0 fully saturated rings. The minimum absolute atomic E-state index is 0.454. The normalized spacial score (nSPS) is 10.1. The van der Waals surface area contributed by atoms with E-state index < -0.39 is 0 Å². The van der Waals surface area contributed by atoms with Crippen LogP contribution in [0.2, 0.25) is 0 Å². The SMILES string of the molecule is CCSCCN(C)c1ccc(C(N)=S)cc1. The summed E-state index contributed by atoms with van der Waals surface area (Å²) in [4.78, 5) is 2.70. The second kappa shape index (κ2) is 6.76. The standard InChI is InChI=1S/C12H18N2S2/c1-3-16-9-8-14(2)11-6-4-10(5-7-11)12(13)15/h4-7H,3,8-9H2,1-2H3,(H2,13,15). The highest BCUT2D eigenvalue weighted by atomic mass is 32.2. The predicted molar refractivity (Wildman–Crippen MR) is 78.6 cm³/mol. The van der Waals surface area contributed by atoms with Gasteiger partial charge in [-0.15, -0.1) is 0 Å². The second-order valence-corrected chi connectivity index (χ2v) is 5.36. The molecule has 0 bridgehead atoms. The summed E-state index contributed by atoms with van der Waals surface area (Å²) in [5.74, 6) is 2.33. The van der Waals surface area contributed by atoms with Crippen molar-refractivity contribution in [3.63, 3.8) is 0 Å². The van der Waals surface area contributed by atoms with E-state index in [2.05, 4.69) is 31.0 Å². The Morgan fingerprint density at radius 2 is 2.00 bits per heavy atom. The summed E-state index contributed by atoms with van der Waals surface area (Å²) in [6.45, 7) is 3.24. The molecular formula is C12H18N2S2. The Hall–Kier alpha value is -0.740. The van der Waals surface area contributed by atoms with Gasteiger partial charge in [0.05, 0.1) is 0 Å². The third-order valence-electron chi connectivity index (χ3n) is 2.37. The van der Waals surface area contributed by atoms with Gasteiger partial charge in [-0.1, -0.05) is 19.1 Å². The molecule has 0 heterocycles. The minimum Gasteiger partial charge on any atom is -0.389 e. The molecule has 1 rings (SSSR count). The van der Waals surface area contributed by atoms with E-state index >= 15 is 0 Å². The zero-order valence-corrected chi connectivity index (χ0v) is 11.4. The number of rotatable bonds is 6. The van der Waals surface area contributed by atoms with Crippen LogP contribution in [0.4, 0.5) is 5.69 Å². The van der Waals surface area contributed by atoms with Crippen molar-refractivity contribution in [3.8, 4) is 0 Å². The lowest BCUT2D eigenvalue weighted by Gasteiger charge is -2.19. The molecular weight excluding hydrogens is 236 g/mol. The number of nitrogens with two attached hydrogens (primary N) is 1. The van der Waals surface area contributed by atoms with Crippen molar-refractivity contribution in [3.05, 3.63) is 29.8 Å². The number of nitrogens with zero attached hydrogens (tertiary/aromatic N) is 1. The quantitative estimate of drug-likeness (QED) is 0.624. The summed E-state index contributed by atoms with van der Waals surface area (Å²) >= 11 is 6.87. The van der Waals surface area contributed by atoms with Crippen molar-refractivity contribution >= 4 is 34.7 Å². The van der Waals surface area contributed by atoms with Crippen LogP contribution in [-0.4, -0.2) is 30.1 Å². The van der Waals surface area contributed by atoms with Crippen LogP contribution in [0.5, 0.6) is 0 Å². The van der Waals surface area contributed by atoms with Crippen molar-refractivity contribution in [1.82, 2.24) is 0 Å². The first-order chi connectivity index (χ1) is 7.65. The Labute approximate surface area is 107 Å². The monoisotopic (exact) mass is 254 g/mol. The summed E-state index contributed by atoms with van der Waals surface area (Å²) in [6.07, 6.45) is 0. The lowest BCUT2D eigenvalue weighted by Crippen LogP contribution is -2.20. The van der Waals surface area contributed by atoms with Gasteiger partial charge >= 0.3 is 0 Å². The minimum atomic E-state index is 0.454. The van der Waals surface area contributed by atoms with E-state index in [4.69, 9.17) is 18.0 Å². The molecule has 0 aliphatic rings. The van der Waals surface area contributed by atoms with Crippen molar-refractivity contribution < 1.29 is 0 Å². The molecule has 0 aliphatic heterocycles. The molecule has 16 heavy (non-hydrogen) atoms. The average molecular weight is 254 g/mol. The average Bonchev–Trinajstić information content (AvgIpc) is 2.29. The predicted octanol–water partition coefficient (Wildman–Crippen LogP) is 2.51. The molecule has 0 saturated heterocycles. The van der Waals surface area contributed by atoms with Crippen LogP contribution in [0.3, 0.4) is 0 Å². The lowest BCUT2D eigenvalue weighted by molar-refractivity contribution is 0.977. The van der Waals surface area contributed by atoms with Gasteiger partial charge in [-0.25, -0.2) is 0 Å². The van der Waals surface area contributed by atoms with Crippen LogP contribution in [-0.2, 0) is 0 Å². The molecule has 0 saturated carbocycles. The number of thiocarbonyl (C=S) groups is 1. The Morgan fingerprint density at radius 3 is 2.50 bits per heavy atom. The highest BCUT2D eigenvalue weighted by Gasteiger charge is 2.01. The van der Waals surface area contributed by atoms with Gasteiger partial charge in [-0.3, -0.25) is 0 Å². The molecule has 88 valence electrons. The fourth-order valence-corrected chi connectivity index (χ4v) is 2.18. The molecule has 0 atom stereocenters. The summed E-state index contributed by atoms with van der Waals surface area (Å²) < 4.78 is 0. The van der Waals surface area contributed by atoms with Gasteiger partial charge in [-0.2, -0.15) is 11.8 Å². The first-order valence-electron chi connectivity index (χ1n) is 5.34. The van der Waals surface area contributed by atoms with E-state index in [-0.39, 0.29) is 0 Å². The summed E-state index contributed by atoms with van der Waals surface area (Å²) in [5, 5.41) is 0. The van der Waals surface area contributed by atoms with E-state index in [9.17, 15) is 0 Å². The number of thioether (sulfide) groups is 1. The summed E-state index contributed by atoms with van der Waals surface area (Å²) in [7, 11) is 2.10. The molecule has 0 aliphatic carbocycles. The van der Waals surface area contributed by atoms with Crippen molar-refractivity contribution in [2.75, 3.05) is 30.0 Å². The number of hydrogen-bond donors (Lipinski definition) is 1. The molecule has 2 nitrogen and oxygen atoms in total. The van der Waals surface area contributed by atoms with Crippen molar-refractivity contribution in [1.29, 1.82) is 0 Å². The Kier molecular flexibility index (Phi) is 5.63. The maximum atomic E-state index is 5.55. The molecule has 4 heteroatoms. The van der Waals surface area contributed by atoms with E-state index in [1.165, 1.54) is 11.4 Å². The smallest absolute Gasteiger partial charge is 0.103 e. The molecule has 0 amide bonds. The van der Waals surface area contributed by atoms with Crippen LogP contribution >= 0.6 is 24.0 Å². The summed E-state index contributed by atoms with van der Waals surface area (Å²) in [5.41, 5.74) is 7.68. The van der Waals surface area contributed by atoms with Crippen LogP contribution in [0, 0.1) is 0 Å². The maximum absolute atomic E-state index is 5.55. The van der Waals surface area contributed by atoms with E-state index in [1.807, 2.05) is 23.9 Å². The first kappa shape index (κ1) is 13.3. The van der Waals surface area contributed by atoms with Gasteiger partial charge < -0.3 is 10.6 Å². The van der Waals surface area contributed by atoms with Gasteiger partial charge in [0.2, 0.25) is 0 Å². The fourth-order valence-electron chi connectivity index (χ4n) is 1.36. The van der Waals surface area contributed by atoms with E-state index in [0.29, 0.717) is 4.99 Å². The zero-order chi connectivity index (χ0) is 12.0. The van der Waals surface area contributed by atoms with Crippen LogP contribution in [0.1, 0.15) is 12.5 Å². The van der Waals surface area contributed by atoms with Crippen LogP contribution < -0.4 is 10.6 Å². The maximum Gasteiger partial charge on any atom is 0.103 e. The van der Waals surface area contributed by atoms with Gasteiger partial charge in [-0.05, 0) is 30.0 Å². The molecule has 0 radical (unpaired) electrons. The zero-order valence-electron chi connectivity index (χ0n) is 9.77. The molecule has 1 aromatic carbocycles. The van der Waals surface area contributed by atoms with Crippen molar-refractivity contribution in [2.45, 2.75) is 6.92 Å². The fraction of sp³-hybridized carbons (Fsp3) is 0.417. The Balaban J connectivity index is 2.56. The second-order valence-electron chi connectivity index (χ2n) is 3.53. The van der Waals surface area contributed by atoms with E-state index in [0.717, 1.165) is 17.9 Å². The third-order valence-corrected chi connectivity index (χ3v) is 3.48. The topological polar surface area (TPSA) is 29.3 Å². The lowest BCUT2D eigenvalue weighted by atomic mass is 10.2. The Morgan fingerprint density at radius 1 is 1.38 bits per heavy atom.